The van der Waals surface area contributed by atoms with Crippen LogP contribution in [0.15, 0.2) is 48.0 Å². The zero-order chi connectivity index (χ0) is 17.6. The molecular formula is C20H21NO4. The van der Waals surface area contributed by atoms with Gasteiger partial charge in [-0.2, -0.15) is 0 Å². The highest BCUT2D eigenvalue weighted by Gasteiger charge is 2.18. The van der Waals surface area contributed by atoms with Crippen molar-refractivity contribution in [1.82, 2.24) is 4.90 Å². The van der Waals surface area contributed by atoms with E-state index in [4.69, 9.17) is 4.74 Å². The summed E-state index contributed by atoms with van der Waals surface area (Å²) in [5.41, 5.74) is 1.10. The van der Waals surface area contributed by atoms with Crippen LogP contribution >= 0.6 is 0 Å². The van der Waals surface area contributed by atoms with E-state index < -0.39 is 5.97 Å². The highest BCUT2D eigenvalue weighted by Crippen LogP contribution is 2.22. The van der Waals surface area contributed by atoms with Gasteiger partial charge in [-0.1, -0.05) is 42.5 Å². The van der Waals surface area contributed by atoms with Gasteiger partial charge in [-0.3, -0.25) is 4.79 Å². The third-order valence-electron chi connectivity index (χ3n) is 4.40. The van der Waals surface area contributed by atoms with Crippen molar-refractivity contribution in [3.8, 4) is 0 Å². The van der Waals surface area contributed by atoms with E-state index in [2.05, 4.69) is 0 Å². The van der Waals surface area contributed by atoms with Gasteiger partial charge in [-0.15, -0.1) is 0 Å². The minimum Gasteiger partial charge on any atom is -0.478 e. The van der Waals surface area contributed by atoms with Crippen LogP contribution in [0.25, 0.3) is 16.8 Å². The maximum atomic E-state index is 12.2. The Morgan fingerprint density at radius 1 is 1.04 bits per heavy atom. The van der Waals surface area contributed by atoms with Crippen LogP contribution in [0.2, 0.25) is 0 Å². The standard InChI is InChI=1S/C20H21NO4/c22-19(21-10-12-25-13-11-21)9-8-17(20(23)24)14-16-6-3-5-15-4-1-2-7-18(15)16/h1-7,14H,8-13H2,(H,23,24). The second-order valence-corrected chi connectivity index (χ2v) is 6.04. The van der Waals surface area contributed by atoms with E-state index in [1.54, 1.807) is 11.0 Å². The van der Waals surface area contributed by atoms with E-state index in [0.717, 1.165) is 16.3 Å². The molecule has 1 saturated heterocycles. The Morgan fingerprint density at radius 2 is 1.76 bits per heavy atom. The number of carboxylic acids is 1. The van der Waals surface area contributed by atoms with Crippen molar-refractivity contribution in [1.29, 1.82) is 0 Å². The zero-order valence-corrected chi connectivity index (χ0v) is 14.0. The van der Waals surface area contributed by atoms with Gasteiger partial charge in [0.15, 0.2) is 0 Å². The predicted molar refractivity (Wildman–Crippen MR) is 96.2 cm³/mol. The van der Waals surface area contributed by atoms with Gasteiger partial charge < -0.3 is 14.7 Å². The number of rotatable bonds is 5. The summed E-state index contributed by atoms with van der Waals surface area (Å²) in [4.78, 5) is 25.6. The lowest BCUT2D eigenvalue weighted by molar-refractivity contribution is -0.135. The van der Waals surface area contributed by atoms with Crippen LogP contribution in [0.5, 0.6) is 0 Å². The molecule has 25 heavy (non-hydrogen) atoms. The number of carbonyl (C=O) groups excluding carboxylic acids is 1. The van der Waals surface area contributed by atoms with Crippen molar-refractivity contribution in [2.75, 3.05) is 26.3 Å². The molecule has 0 radical (unpaired) electrons. The molecule has 0 spiro atoms. The monoisotopic (exact) mass is 339 g/mol. The lowest BCUT2D eigenvalue weighted by Gasteiger charge is -2.26. The number of amides is 1. The molecule has 2 aromatic carbocycles. The highest BCUT2D eigenvalue weighted by atomic mass is 16.5. The van der Waals surface area contributed by atoms with Gasteiger partial charge >= 0.3 is 5.97 Å². The number of carboxylic acid groups (broad SMARTS) is 1. The van der Waals surface area contributed by atoms with Crippen LogP contribution in [0.3, 0.4) is 0 Å². The molecule has 1 N–H and O–H groups in total. The van der Waals surface area contributed by atoms with Crippen LogP contribution in [0.1, 0.15) is 18.4 Å². The number of ether oxygens (including phenoxy) is 1. The lowest BCUT2D eigenvalue weighted by Crippen LogP contribution is -2.40. The molecular weight excluding hydrogens is 318 g/mol. The fourth-order valence-electron chi connectivity index (χ4n) is 3.02. The highest BCUT2D eigenvalue weighted by molar-refractivity contribution is 5.98. The van der Waals surface area contributed by atoms with E-state index in [1.807, 2.05) is 42.5 Å². The summed E-state index contributed by atoms with van der Waals surface area (Å²) in [5, 5.41) is 11.6. The number of nitrogens with zero attached hydrogens (tertiary/aromatic N) is 1. The normalized spacial score (nSPS) is 15.4. The summed E-state index contributed by atoms with van der Waals surface area (Å²) in [6.07, 6.45) is 2.09. The third-order valence-corrected chi connectivity index (χ3v) is 4.40. The first-order valence-electron chi connectivity index (χ1n) is 8.42. The fraction of sp³-hybridized carbons (Fsp3) is 0.300. The van der Waals surface area contributed by atoms with E-state index in [9.17, 15) is 14.7 Å². The lowest BCUT2D eigenvalue weighted by atomic mass is 10.0. The van der Waals surface area contributed by atoms with Gasteiger partial charge in [0.25, 0.3) is 0 Å². The largest absolute Gasteiger partial charge is 0.478 e. The Bertz CT molecular complexity index is 801. The van der Waals surface area contributed by atoms with Crippen molar-refractivity contribution < 1.29 is 19.4 Å². The quantitative estimate of drug-likeness (QED) is 0.851. The van der Waals surface area contributed by atoms with Crippen LogP contribution in [0, 0.1) is 0 Å². The number of hydrogen-bond acceptors (Lipinski definition) is 3. The average molecular weight is 339 g/mol. The van der Waals surface area contributed by atoms with Crippen LogP contribution < -0.4 is 0 Å². The maximum Gasteiger partial charge on any atom is 0.331 e. The van der Waals surface area contributed by atoms with E-state index >= 15 is 0 Å². The summed E-state index contributed by atoms with van der Waals surface area (Å²) in [6, 6.07) is 13.7. The van der Waals surface area contributed by atoms with Crippen molar-refractivity contribution in [2.45, 2.75) is 12.8 Å². The molecule has 5 heteroatoms. The molecule has 0 aliphatic carbocycles. The number of hydrogen-bond donors (Lipinski definition) is 1. The fourth-order valence-corrected chi connectivity index (χ4v) is 3.02. The first kappa shape index (κ1) is 17.2. The van der Waals surface area contributed by atoms with E-state index in [0.29, 0.717) is 26.3 Å². The van der Waals surface area contributed by atoms with Crippen molar-refractivity contribution in [3.63, 3.8) is 0 Å². The molecule has 1 fully saturated rings. The molecule has 1 heterocycles. The van der Waals surface area contributed by atoms with Crippen LogP contribution in [-0.4, -0.2) is 48.2 Å². The van der Waals surface area contributed by atoms with Gasteiger partial charge in [0.05, 0.1) is 13.2 Å². The van der Waals surface area contributed by atoms with Gasteiger partial charge in [-0.25, -0.2) is 4.79 Å². The Morgan fingerprint density at radius 3 is 2.52 bits per heavy atom. The Hall–Kier alpha value is -2.66. The van der Waals surface area contributed by atoms with Crippen molar-refractivity contribution in [2.24, 2.45) is 0 Å². The Labute approximate surface area is 146 Å². The minimum atomic E-state index is -0.984. The second kappa shape index (κ2) is 7.94. The number of morpholine rings is 1. The first-order valence-corrected chi connectivity index (χ1v) is 8.42. The molecule has 0 bridgehead atoms. The van der Waals surface area contributed by atoms with Crippen LogP contribution in [-0.2, 0) is 14.3 Å². The molecule has 5 nitrogen and oxygen atoms in total. The second-order valence-electron chi connectivity index (χ2n) is 6.04. The van der Waals surface area contributed by atoms with Crippen molar-refractivity contribution >= 4 is 28.7 Å². The molecule has 0 saturated carbocycles. The Kier molecular flexibility index (Phi) is 5.46. The molecule has 130 valence electrons. The summed E-state index contributed by atoms with van der Waals surface area (Å²) >= 11 is 0. The molecule has 3 rings (SSSR count). The number of benzene rings is 2. The average Bonchev–Trinajstić information content (AvgIpc) is 2.65. The number of fused-ring (bicyclic) bond motifs is 1. The van der Waals surface area contributed by atoms with Gasteiger partial charge in [-0.05, 0) is 28.8 Å². The zero-order valence-electron chi connectivity index (χ0n) is 14.0. The molecule has 2 aromatic rings. The number of aliphatic carboxylic acids is 1. The van der Waals surface area contributed by atoms with Crippen LogP contribution in [0.4, 0.5) is 0 Å². The minimum absolute atomic E-state index is 0.0200. The number of carbonyl (C=O) groups is 2. The first-order chi connectivity index (χ1) is 12.1. The SMILES string of the molecule is O=C(O)C(=Cc1cccc2ccccc12)CCC(=O)N1CCOCC1. The molecule has 1 amide bonds. The molecule has 1 aliphatic rings. The molecule has 0 unspecified atom stereocenters. The van der Waals surface area contributed by atoms with Gasteiger partial charge in [0.2, 0.25) is 5.91 Å². The topological polar surface area (TPSA) is 66.8 Å². The summed E-state index contributed by atoms with van der Waals surface area (Å²) in [6.45, 7) is 2.25. The smallest absolute Gasteiger partial charge is 0.331 e. The third kappa shape index (κ3) is 4.25. The van der Waals surface area contributed by atoms with Gasteiger partial charge in [0, 0.05) is 25.1 Å². The molecule has 1 aliphatic heterocycles. The predicted octanol–water partition coefficient (Wildman–Crippen LogP) is 2.95. The maximum absolute atomic E-state index is 12.2. The van der Waals surface area contributed by atoms with E-state index in [-0.39, 0.29) is 24.3 Å². The summed E-state index contributed by atoms with van der Waals surface area (Å²) in [7, 11) is 0. The van der Waals surface area contributed by atoms with Crippen molar-refractivity contribution in [3.05, 3.63) is 53.6 Å². The van der Waals surface area contributed by atoms with Gasteiger partial charge in [0.1, 0.15) is 0 Å². The molecule has 0 atom stereocenters. The van der Waals surface area contributed by atoms with E-state index in [1.165, 1.54) is 0 Å². The Balaban J connectivity index is 1.77. The molecule has 0 aromatic heterocycles. The summed E-state index contributed by atoms with van der Waals surface area (Å²) < 4.78 is 5.23. The summed E-state index contributed by atoms with van der Waals surface area (Å²) in [5.74, 6) is -1.00.